The van der Waals surface area contributed by atoms with Crippen molar-refractivity contribution < 1.29 is 14.4 Å². The molecule has 3 N–H and O–H groups in total. The van der Waals surface area contributed by atoms with E-state index in [1.165, 1.54) is 0 Å². The quantitative estimate of drug-likeness (QED) is 0.584. The van der Waals surface area contributed by atoms with Gasteiger partial charge in [0.2, 0.25) is 11.8 Å². The number of nitrogens with two attached hydrogens (primary N) is 1. The van der Waals surface area contributed by atoms with Crippen molar-refractivity contribution in [3.05, 3.63) is 0 Å². The maximum Gasteiger partial charge on any atom is 0.234 e. The number of amides is 2. The highest BCUT2D eigenvalue weighted by Gasteiger charge is 2.25. The van der Waals surface area contributed by atoms with Crippen LogP contribution in [0.2, 0.25) is 0 Å². The molecule has 1 aliphatic heterocycles. The Balaban J connectivity index is 0. The summed E-state index contributed by atoms with van der Waals surface area (Å²) in [5.74, 6) is -0.235. The lowest BCUT2D eigenvalue weighted by Crippen LogP contribution is -2.37. The van der Waals surface area contributed by atoms with Gasteiger partial charge in [-0.1, -0.05) is 27.7 Å². The lowest BCUT2D eigenvalue weighted by atomic mass is 9.92. The first kappa shape index (κ1) is 24.4. The number of hydrogen-bond acceptors (Lipinski definition) is 4. The van der Waals surface area contributed by atoms with Crippen LogP contribution in [0.25, 0.3) is 0 Å². The first-order valence-corrected chi connectivity index (χ1v) is 8.18. The highest BCUT2D eigenvalue weighted by atomic mass is 16.2. The number of rotatable bonds is 5. The van der Waals surface area contributed by atoms with Gasteiger partial charge in [-0.2, -0.15) is 0 Å². The van der Waals surface area contributed by atoms with Gasteiger partial charge in [-0.25, -0.2) is 0 Å². The SMILES string of the molecule is C#C.CC[C@@H](C=O)NC(=O)CC(C)(C)C.CN1CCC[C@H]1C(N)=O. The van der Waals surface area contributed by atoms with E-state index in [-0.39, 0.29) is 29.3 Å². The molecule has 2 amide bonds. The first-order valence-electron chi connectivity index (χ1n) is 8.18. The Morgan fingerprint density at radius 1 is 1.38 bits per heavy atom. The number of aldehydes is 1. The van der Waals surface area contributed by atoms with E-state index in [9.17, 15) is 14.4 Å². The molecule has 138 valence electrons. The van der Waals surface area contributed by atoms with Crippen LogP contribution < -0.4 is 11.1 Å². The monoisotopic (exact) mass is 339 g/mol. The van der Waals surface area contributed by atoms with Crippen molar-refractivity contribution >= 4 is 18.1 Å². The fraction of sp³-hybridized carbons (Fsp3) is 0.722. The number of hydrogen-bond donors (Lipinski definition) is 2. The lowest BCUT2D eigenvalue weighted by Gasteiger charge is -2.18. The second-order valence-electron chi connectivity index (χ2n) is 7.00. The average molecular weight is 339 g/mol. The minimum atomic E-state index is -0.324. The van der Waals surface area contributed by atoms with E-state index >= 15 is 0 Å². The van der Waals surface area contributed by atoms with Gasteiger partial charge in [-0.3, -0.25) is 14.5 Å². The van der Waals surface area contributed by atoms with E-state index in [2.05, 4.69) is 18.2 Å². The van der Waals surface area contributed by atoms with Gasteiger partial charge < -0.3 is 15.8 Å². The van der Waals surface area contributed by atoms with E-state index in [0.717, 1.165) is 25.7 Å². The summed E-state index contributed by atoms with van der Waals surface area (Å²) in [5, 5.41) is 2.67. The third-order valence-corrected chi connectivity index (χ3v) is 3.49. The number of carbonyl (C=O) groups is 3. The van der Waals surface area contributed by atoms with Crippen LogP contribution in [0.1, 0.15) is 53.4 Å². The van der Waals surface area contributed by atoms with E-state index in [4.69, 9.17) is 5.73 Å². The van der Waals surface area contributed by atoms with Crippen LogP contribution in [-0.2, 0) is 14.4 Å². The zero-order valence-electron chi connectivity index (χ0n) is 15.7. The molecule has 1 aliphatic rings. The molecule has 6 heteroatoms. The van der Waals surface area contributed by atoms with Crippen LogP contribution >= 0.6 is 0 Å². The highest BCUT2D eigenvalue weighted by Crippen LogP contribution is 2.17. The van der Waals surface area contributed by atoms with Crippen molar-refractivity contribution in [3.63, 3.8) is 0 Å². The smallest absolute Gasteiger partial charge is 0.234 e. The number of terminal acetylenes is 1. The first-order chi connectivity index (χ1) is 11.1. The van der Waals surface area contributed by atoms with Crippen molar-refractivity contribution in [1.82, 2.24) is 10.2 Å². The van der Waals surface area contributed by atoms with Gasteiger partial charge in [0.05, 0.1) is 12.1 Å². The summed E-state index contributed by atoms with van der Waals surface area (Å²) >= 11 is 0. The topological polar surface area (TPSA) is 92.5 Å². The van der Waals surface area contributed by atoms with Crippen molar-refractivity contribution in [3.8, 4) is 12.8 Å². The molecule has 1 heterocycles. The Hall–Kier alpha value is -1.87. The molecule has 1 rings (SSSR count). The molecular formula is C18H33N3O3. The minimum absolute atomic E-state index is 0.00463. The molecule has 0 unspecified atom stereocenters. The van der Waals surface area contributed by atoms with E-state index in [1.807, 2.05) is 39.6 Å². The number of nitrogens with one attached hydrogen (secondary N) is 1. The molecule has 0 spiro atoms. The average Bonchev–Trinajstić information content (AvgIpc) is 2.92. The maximum atomic E-state index is 11.3. The number of primary amides is 1. The molecule has 6 nitrogen and oxygen atoms in total. The fourth-order valence-corrected chi connectivity index (χ4v) is 2.24. The molecule has 0 aliphatic carbocycles. The van der Waals surface area contributed by atoms with Gasteiger partial charge in [0.25, 0.3) is 0 Å². The van der Waals surface area contributed by atoms with Crippen LogP contribution in [0.4, 0.5) is 0 Å². The Kier molecular flexibility index (Phi) is 12.7. The summed E-state index contributed by atoms with van der Waals surface area (Å²) in [7, 11) is 1.93. The predicted molar refractivity (Wildman–Crippen MR) is 97.1 cm³/mol. The van der Waals surface area contributed by atoms with Crippen molar-refractivity contribution in [2.75, 3.05) is 13.6 Å². The zero-order valence-corrected chi connectivity index (χ0v) is 15.7. The number of nitrogens with zero attached hydrogens (tertiary/aromatic N) is 1. The predicted octanol–water partition coefficient (Wildman–Crippen LogP) is 1.33. The largest absolute Gasteiger partial charge is 0.368 e. The van der Waals surface area contributed by atoms with Crippen LogP contribution in [0.3, 0.4) is 0 Å². The molecule has 0 radical (unpaired) electrons. The van der Waals surface area contributed by atoms with Crippen molar-refractivity contribution in [1.29, 1.82) is 0 Å². The summed E-state index contributed by atoms with van der Waals surface area (Å²) in [5.41, 5.74) is 5.08. The van der Waals surface area contributed by atoms with E-state index in [0.29, 0.717) is 12.8 Å². The van der Waals surface area contributed by atoms with E-state index in [1.54, 1.807) is 0 Å². The zero-order chi connectivity index (χ0) is 19.3. The van der Waals surface area contributed by atoms with Crippen LogP contribution in [0.15, 0.2) is 0 Å². The van der Waals surface area contributed by atoms with Crippen LogP contribution in [0.5, 0.6) is 0 Å². The Bertz CT molecular complexity index is 413. The van der Waals surface area contributed by atoms with Gasteiger partial charge in [0.1, 0.15) is 6.29 Å². The standard InChI is InChI=1S/C10H19NO2.C6H12N2O.C2H2/c1-5-8(7-12)11-9(13)6-10(2,3)4;1-8-4-2-3-5(8)6(7)9;1-2/h7-8H,5-6H2,1-4H3,(H,11,13);5H,2-4H2,1H3,(H2,7,9);1-2H/t8-;5-;/m00./s1. The van der Waals surface area contributed by atoms with E-state index < -0.39 is 0 Å². The minimum Gasteiger partial charge on any atom is -0.368 e. The summed E-state index contributed by atoms with van der Waals surface area (Å²) in [4.78, 5) is 34.3. The fourth-order valence-electron chi connectivity index (χ4n) is 2.24. The van der Waals surface area contributed by atoms with Gasteiger partial charge in [0, 0.05) is 6.42 Å². The van der Waals surface area contributed by atoms with Gasteiger partial charge >= 0.3 is 0 Å². The van der Waals surface area contributed by atoms with Crippen LogP contribution in [0, 0.1) is 18.3 Å². The van der Waals surface area contributed by atoms with Gasteiger partial charge in [-0.05, 0) is 38.3 Å². The number of likely N-dealkylation sites (tertiary alicyclic amines) is 1. The molecule has 0 saturated carbocycles. The third kappa shape index (κ3) is 11.7. The lowest BCUT2D eigenvalue weighted by molar-refractivity contribution is -0.125. The summed E-state index contributed by atoms with van der Waals surface area (Å²) in [6, 6.07) is -0.320. The maximum absolute atomic E-state index is 11.3. The molecule has 0 aromatic rings. The Labute approximate surface area is 146 Å². The second-order valence-corrected chi connectivity index (χ2v) is 7.00. The molecule has 1 saturated heterocycles. The molecule has 0 bridgehead atoms. The number of carbonyl (C=O) groups excluding carboxylic acids is 3. The summed E-state index contributed by atoms with van der Waals surface area (Å²) < 4.78 is 0. The normalized spacial score (nSPS) is 18.2. The second kappa shape index (κ2) is 12.5. The van der Waals surface area contributed by atoms with Gasteiger partial charge in [-0.15, -0.1) is 12.8 Å². The molecule has 24 heavy (non-hydrogen) atoms. The summed E-state index contributed by atoms with van der Waals surface area (Å²) in [6.07, 6.45) is 11.9. The molecule has 0 aromatic carbocycles. The molecular weight excluding hydrogens is 306 g/mol. The Morgan fingerprint density at radius 3 is 2.17 bits per heavy atom. The molecule has 2 atom stereocenters. The molecule has 0 aromatic heterocycles. The third-order valence-electron chi connectivity index (χ3n) is 3.49. The van der Waals surface area contributed by atoms with Crippen molar-refractivity contribution in [2.45, 2.75) is 65.5 Å². The summed E-state index contributed by atoms with van der Waals surface area (Å²) in [6.45, 7) is 8.86. The highest BCUT2D eigenvalue weighted by molar-refractivity contribution is 5.80. The van der Waals surface area contributed by atoms with Crippen molar-refractivity contribution in [2.24, 2.45) is 11.1 Å². The van der Waals surface area contributed by atoms with Gasteiger partial charge in [0.15, 0.2) is 0 Å². The number of likely N-dealkylation sites (N-methyl/N-ethyl adjacent to an activating group) is 1. The Morgan fingerprint density at radius 2 is 1.92 bits per heavy atom. The van der Waals surface area contributed by atoms with Crippen LogP contribution in [-0.4, -0.2) is 48.7 Å². The molecule has 1 fully saturated rings.